The normalized spacial score (nSPS) is 21.9. The van der Waals surface area contributed by atoms with Crippen molar-refractivity contribution < 1.29 is 4.74 Å². The number of rotatable bonds is 5. The summed E-state index contributed by atoms with van der Waals surface area (Å²) < 4.78 is 5.35. The molecule has 1 heterocycles. The Morgan fingerprint density at radius 2 is 2.13 bits per heavy atom. The molecule has 3 heteroatoms. The molecule has 86 valence electrons. The fraction of sp³-hybridized carbons (Fsp3) is 0.917. The van der Waals surface area contributed by atoms with Gasteiger partial charge in [0.25, 0.3) is 0 Å². The molecule has 1 aliphatic rings. The summed E-state index contributed by atoms with van der Waals surface area (Å²) in [4.78, 5) is 0. The summed E-state index contributed by atoms with van der Waals surface area (Å²) in [5, 5.41) is 12.2. The molecule has 1 saturated heterocycles. The maximum Gasteiger partial charge on any atom is 0.0638 e. The van der Waals surface area contributed by atoms with Crippen molar-refractivity contribution in [1.82, 2.24) is 5.32 Å². The van der Waals surface area contributed by atoms with Crippen LogP contribution in [0.4, 0.5) is 0 Å². The van der Waals surface area contributed by atoms with Gasteiger partial charge in [0.2, 0.25) is 0 Å². The van der Waals surface area contributed by atoms with Crippen molar-refractivity contribution >= 4 is 0 Å². The SMILES string of the molecule is CCC(CC#N)NC(C)C1CCOCC1. The molecule has 0 spiro atoms. The highest BCUT2D eigenvalue weighted by molar-refractivity contribution is 4.84. The number of nitriles is 1. The molecule has 0 aromatic rings. The Kier molecular flexibility index (Phi) is 5.67. The maximum absolute atomic E-state index is 8.68. The second kappa shape index (κ2) is 6.81. The van der Waals surface area contributed by atoms with Crippen LogP contribution < -0.4 is 5.32 Å². The highest BCUT2D eigenvalue weighted by Gasteiger charge is 2.21. The highest BCUT2D eigenvalue weighted by Crippen LogP contribution is 2.19. The average Bonchev–Trinajstić information content (AvgIpc) is 2.29. The van der Waals surface area contributed by atoms with Crippen LogP contribution in [0.1, 0.15) is 39.5 Å². The lowest BCUT2D eigenvalue weighted by atomic mass is 9.92. The summed E-state index contributed by atoms with van der Waals surface area (Å²) in [7, 11) is 0. The van der Waals surface area contributed by atoms with Crippen molar-refractivity contribution in [3.05, 3.63) is 0 Å². The van der Waals surface area contributed by atoms with Crippen molar-refractivity contribution in [3.8, 4) is 6.07 Å². The molecule has 0 aliphatic carbocycles. The lowest BCUT2D eigenvalue weighted by Crippen LogP contribution is -2.42. The first kappa shape index (κ1) is 12.5. The van der Waals surface area contributed by atoms with Crippen LogP contribution in [0, 0.1) is 17.2 Å². The van der Waals surface area contributed by atoms with E-state index in [1.165, 1.54) is 0 Å². The number of hydrogen-bond acceptors (Lipinski definition) is 3. The summed E-state index contributed by atoms with van der Waals surface area (Å²) in [6.07, 6.45) is 3.94. The first-order valence-electron chi connectivity index (χ1n) is 5.98. The monoisotopic (exact) mass is 210 g/mol. The van der Waals surface area contributed by atoms with E-state index in [4.69, 9.17) is 10.00 Å². The second-order valence-corrected chi connectivity index (χ2v) is 4.37. The van der Waals surface area contributed by atoms with E-state index in [1.54, 1.807) is 0 Å². The van der Waals surface area contributed by atoms with Crippen LogP contribution in [-0.4, -0.2) is 25.3 Å². The van der Waals surface area contributed by atoms with Gasteiger partial charge < -0.3 is 10.1 Å². The van der Waals surface area contributed by atoms with Gasteiger partial charge in [-0.2, -0.15) is 5.26 Å². The van der Waals surface area contributed by atoms with Crippen molar-refractivity contribution in [1.29, 1.82) is 5.26 Å². The van der Waals surface area contributed by atoms with Gasteiger partial charge in [-0.3, -0.25) is 0 Å². The number of hydrogen-bond donors (Lipinski definition) is 1. The fourth-order valence-electron chi connectivity index (χ4n) is 2.15. The van der Waals surface area contributed by atoms with Gasteiger partial charge in [-0.15, -0.1) is 0 Å². The molecule has 1 fully saturated rings. The topological polar surface area (TPSA) is 45.0 Å². The first-order valence-corrected chi connectivity index (χ1v) is 5.98. The summed E-state index contributed by atoms with van der Waals surface area (Å²) in [5.41, 5.74) is 0. The van der Waals surface area contributed by atoms with Crippen molar-refractivity contribution in [2.75, 3.05) is 13.2 Å². The minimum Gasteiger partial charge on any atom is -0.381 e. The third kappa shape index (κ3) is 4.19. The van der Waals surface area contributed by atoms with Gasteiger partial charge in [0.05, 0.1) is 12.5 Å². The highest BCUT2D eigenvalue weighted by atomic mass is 16.5. The van der Waals surface area contributed by atoms with E-state index in [1.807, 2.05) is 0 Å². The minimum absolute atomic E-state index is 0.354. The van der Waals surface area contributed by atoms with Gasteiger partial charge in [0, 0.05) is 25.3 Å². The zero-order valence-corrected chi connectivity index (χ0v) is 9.83. The second-order valence-electron chi connectivity index (χ2n) is 4.37. The lowest BCUT2D eigenvalue weighted by Gasteiger charge is -2.30. The van der Waals surface area contributed by atoms with Crippen LogP contribution in [0.25, 0.3) is 0 Å². The van der Waals surface area contributed by atoms with Crippen molar-refractivity contribution in [3.63, 3.8) is 0 Å². The fourth-order valence-corrected chi connectivity index (χ4v) is 2.15. The Morgan fingerprint density at radius 3 is 2.67 bits per heavy atom. The molecule has 15 heavy (non-hydrogen) atoms. The quantitative estimate of drug-likeness (QED) is 0.755. The molecule has 2 unspecified atom stereocenters. The van der Waals surface area contributed by atoms with E-state index in [9.17, 15) is 0 Å². The van der Waals surface area contributed by atoms with Crippen LogP contribution in [0.5, 0.6) is 0 Å². The summed E-state index contributed by atoms with van der Waals surface area (Å²) >= 11 is 0. The molecular formula is C12H22N2O. The lowest BCUT2D eigenvalue weighted by molar-refractivity contribution is 0.0544. The van der Waals surface area contributed by atoms with Gasteiger partial charge in [0.1, 0.15) is 0 Å². The van der Waals surface area contributed by atoms with E-state index < -0.39 is 0 Å². The van der Waals surface area contributed by atoms with E-state index in [0.717, 1.165) is 32.5 Å². The Balaban J connectivity index is 2.32. The van der Waals surface area contributed by atoms with Crippen LogP contribution in [0.2, 0.25) is 0 Å². The van der Waals surface area contributed by atoms with Crippen LogP contribution >= 0.6 is 0 Å². The van der Waals surface area contributed by atoms with E-state index in [-0.39, 0.29) is 0 Å². The molecule has 0 bridgehead atoms. The predicted octanol–water partition coefficient (Wildman–Crippen LogP) is 2.08. The predicted molar refractivity (Wildman–Crippen MR) is 60.4 cm³/mol. The third-order valence-corrected chi connectivity index (χ3v) is 3.30. The Hall–Kier alpha value is -0.590. The molecule has 0 radical (unpaired) electrons. The molecular weight excluding hydrogens is 188 g/mol. The smallest absolute Gasteiger partial charge is 0.0638 e. The Morgan fingerprint density at radius 1 is 1.47 bits per heavy atom. The Labute approximate surface area is 92.8 Å². The Bertz CT molecular complexity index is 206. The molecule has 0 aromatic heterocycles. The summed E-state index contributed by atoms with van der Waals surface area (Å²) in [6.45, 7) is 6.15. The van der Waals surface area contributed by atoms with E-state index in [0.29, 0.717) is 24.4 Å². The molecule has 0 aromatic carbocycles. The molecule has 1 rings (SSSR count). The van der Waals surface area contributed by atoms with Crippen LogP contribution in [-0.2, 0) is 4.74 Å². The van der Waals surface area contributed by atoms with Gasteiger partial charge >= 0.3 is 0 Å². The largest absolute Gasteiger partial charge is 0.381 e. The molecule has 1 aliphatic heterocycles. The van der Waals surface area contributed by atoms with Gasteiger partial charge in [-0.1, -0.05) is 6.92 Å². The summed E-state index contributed by atoms with van der Waals surface area (Å²) in [6, 6.07) is 3.10. The third-order valence-electron chi connectivity index (χ3n) is 3.30. The molecule has 2 atom stereocenters. The maximum atomic E-state index is 8.68. The summed E-state index contributed by atoms with van der Waals surface area (Å²) in [5.74, 6) is 0.714. The zero-order chi connectivity index (χ0) is 11.1. The number of nitrogens with one attached hydrogen (secondary N) is 1. The van der Waals surface area contributed by atoms with Gasteiger partial charge in [-0.05, 0) is 32.1 Å². The number of nitrogens with zero attached hydrogens (tertiary/aromatic N) is 1. The molecule has 3 nitrogen and oxygen atoms in total. The minimum atomic E-state index is 0.354. The van der Waals surface area contributed by atoms with Crippen molar-refractivity contribution in [2.45, 2.75) is 51.6 Å². The molecule has 0 amide bonds. The van der Waals surface area contributed by atoms with Gasteiger partial charge in [0.15, 0.2) is 0 Å². The van der Waals surface area contributed by atoms with Crippen LogP contribution in [0.3, 0.4) is 0 Å². The van der Waals surface area contributed by atoms with E-state index >= 15 is 0 Å². The van der Waals surface area contributed by atoms with Crippen molar-refractivity contribution in [2.24, 2.45) is 5.92 Å². The molecule has 0 saturated carbocycles. The van der Waals surface area contributed by atoms with E-state index in [2.05, 4.69) is 25.2 Å². The first-order chi connectivity index (χ1) is 7.27. The number of ether oxygens (including phenoxy) is 1. The van der Waals surface area contributed by atoms with Crippen LogP contribution in [0.15, 0.2) is 0 Å². The average molecular weight is 210 g/mol. The zero-order valence-electron chi connectivity index (χ0n) is 9.83. The standard InChI is InChI=1S/C12H22N2O/c1-3-12(4-7-13)14-10(2)11-5-8-15-9-6-11/h10-12,14H,3-6,8-9H2,1-2H3. The molecule has 1 N–H and O–H groups in total. The van der Waals surface area contributed by atoms with Gasteiger partial charge in [-0.25, -0.2) is 0 Å².